The van der Waals surface area contributed by atoms with E-state index < -0.39 is 9.93 Å². The maximum absolute atomic E-state index is 12.2. The minimum Gasteiger partial charge on any atom is -0.361 e. The van der Waals surface area contributed by atoms with E-state index in [9.17, 15) is 4.79 Å². The van der Waals surface area contributed by atoms with Gasteiger partial charge in [0.1, 0.15) is 9.93 Å². The molecule has 2 nitrogen and oxygen atoms in total. The summed E-state index contributed by atoms with van der Waals surface area (Å²) < 4.78 is 5.49. The highest BCUT2D eigenvalue weighted by atomic mass is 79.9. The molecule has 0 N–H and O–H groups in total. The molecule has 2 fully saturated rings. The zero-order chi connectivity index (χ0) is 9.97. The van der Waals surface area contributed by atoms with Crippen LogP contribution in [0.15, 0.2) is 12.2 Å². The Morgan fingerprint density at radius 1 is 1.64 bits per heavy atom. The predicted molar refractivity (Wildman–Crippen MR) is 56.4 cm³/mol. The van der Waals surface area contributed by atoms with Gasteiger partial charge in [-0.15, -0.1) is 0 Å². The van der Waals surface area contributed by atoms with Gasteiger partial charge in [0.2, 0.25) is 0 Å². The van der Waals surface area contributed by atoms with Gasteiger partial charge in [0.15, 0.2) is 5.78 Å². The minimum atomic E-state index is -0.452. The molecule has 0 radical (unpaired) electrons. The molecule has 14 heavy (non-hydrogen) atoms. The number of hydrogen-bond donors (Lipinski definition) is 0. The lowest BCUT2D eigenvalue weighted by Crippen LogP contribution is -2.62. The number of halogens is 1. The van der Waals surface area contributed by atoms with E-state index in [1.165, 1.54) is 0 Å². The highest BCUT2D eigenvalue weighted by molar-refractivity contribution is 9.10. The Morgan fingerprint density at radius 3 is 3.21 bits per heavy atom. The standard InChI is InChI=1S/C11H13BrO2/c1-10-6-4-8(14-10)7-3-2-5-11(10,12)9(7)13/h4,6-8H,2-3,5H2,1H3. The number of Topliss-reactive ketones (excluding diaryl/α,β-unsaturated/α-hetero) is 1. The molecule has 0 aromatic heterocycles. The van der Waals surface area contributed by atoms with E-state index >= 15 is 0 Å². The Kier molecular flexibility index (Phi) is 1.63. The largest absolute Gasteiger partial charge is 0.361 e. The summed E-state index contributed by atoms with van der Waals surface area (Å²) >= 11 is 3.64. The van der Waals surface area contributed by atoms with Crippen molar-refractivity contribution in [2.75, 3.05) is 0 Å². The molecule has 0 spiro atoms. The normalized spacial score (nSPS) is 55.1. The van der Waals surface area contributed by atoms with Gasteiger partial charge in [-0.05, 0) is 19.8 Å². The third kappa shape index (κ3) is 0.836. The highest BCUT2D eigenvalue weighted by Gasteiger charge is 2.63. The molecule has 3 rings (SSSR count). The lowest BCUT2D eigenvalue weighted by molar-refractivity contribution is -0.158. The minimum absolute atomic E-state index is 0.0403. The van der Waals surface area contributed by atoms with Gasteiger partial charge < -0.3 is 4.74 Å². The van der Waals surface area contributed by atoms with Crippen LogP contribution in [-0.4, -0.2) is 21.8 Å². The summed E-state index contributed by atoms with van der Waals surface area (Å²) in [4.78, 5) is 12.2. The number of ether oxygens (including phenoxy) is 1. The second-order valence-electron chi connectivity index (χ2n) is 4.71. The van der Waals surface area contributed by atoms with E-state index in [-0.39, 0.29) is 12.0 Å². The molecule has 0 aromatic rings. The van der Waals surface area contributed by atoms with Crippen molar-refractivity contribution in [2.45, 2.75) is 42.2 Å². The van der Waals surface area contributed by atoms with Gasteiger partial charge in [-0.1, -0.05) is 34.5 Å². The molecule has 2 aliphatic heterocycles. The van der Waals surface area contributed by atoms with Crippen molar-refractivity contribution in [3.8, 4) is 0 Å². The number of alkyl halides is 1. The summed E-state index contributed by atoms with van der Waals surface area (Å²) in [5.41, 5.74) is -0.411. The van der Waals surface area contributed by atoms with Crippen LogP contribution < -0.4 is 0 Å². The van der Waals surface area contributed by atoms with Crippen LogP contribution in [0.1, 0.15) is 26.2 Å². The zero-order valence-corrected chi connectivity index (χ0v) is 9.71. The Bertz CT molecular complexity index is 338. The van der Waals surface area contributed by atoms with Gasteiger partial charge >= 0.3 is 0 Å². The Labute approximate surface area is 91.8 Å². The first-order valence-electron chi connectivity index (χ1n) is 5.17. The molecular weight excluding hydrogens is 244 g/mol. The average molecular weight is 257 g/mol. The van der Waals surface area contributed by atoms with Crippen molar-refractivity contribution in [2.24, 2.45) is 5.92 Å². The van der Waals surface area contributed by atoms with Gasteiger partial charge in [0, 0.05) is 5.92 Å². The first kappa shape index (κ1) is 9.10. The van der Waals surface area contributed by atoms with Crippen LogP contribution in [0.5, 0.6) is 0 Å². The van der Waals surface area contributed by atoms with Gasteiger partial charge in [0.25, 0.3) is 0 Å². The van der Waals surface area contributed by atoms with Crippen LogP contribution in [-0.2, 0) is 9.53 Å². The predicted octanol–water partition coefficient (Wildman–Crippen LogP) is 2.22. The van der Waals surface area contributed by atoms with Gasteiger partial charge in [-0.2, -0.15) is 0 Å². The topological polar surface area (TPSA) is 26.3 Å². The van der Waals surface area contributed by atoms with Crippen LogP contribution >= 0.6 is 15.9 Å². The molecule has 76 valence electrons. The summed E-state index contributed by atoms with van der Waals surface area (Å²) in [5, 5.41) is 0. The van der Waals surface area contributed by atoms with E-state index in [4.69, 9.17) is 4.74 Å². The Balaban J connectivity index is 2.15. The second kappa shape index (κ2) is 2.50. The van der Waals surface area contributed by atoms with E-state index in [1.807, 2.05) is 6.92 Å². The number of carbonyl (C=O) groups excluding carboxylic acids is 1. The fraction of sp³-hybridized carbons (Fsp3) is 0.727. The smallest absolute Gasteiger partial charge is 0.158 e. The van der Waals surface area contributed by atoms with Gasteiger partial charge in [-0.3, -0.25) is 4.79 Å². The van der Waals surface area contributed by atoms with Crippen molar-refractivity contribution in [1.29, 1.82) is 0 Å². The van der Waals surface area contributed by atoms with Crippen molar-refractivity contribution in [3.05, 3.63) is 12.2 Å². The lowest BCUT2D eigenvalue weighted by atomic mass is 9.70. The monoisotopic (exact) mass is 256 g/mol. The molecule has 0 aromatic carbocycles. The number of ketones is 1. The van der Waals surface area contributed by atoms with Crippen molar-refractivity contribution < 1.29 is 9.53 Å². The maximum atomic E-state index is 12.2. The number of carbonyl (C=O) groups is 1. The maximum Gasteiger partial charge on any atom is 0.158 e. The van der Waals surface area contributed by atoms with E-state index in [2.05, 4.69) is 28.1 Å². The molecule has 2 heterocycles. The summed E-state index contributed by atoms with van der Waals surface area (Å²) in [5.74, 6) is 0.447. The summed E-state index contributed by atoms with van der Waals surface area (Å²) in [6, 6.07) is 0. The number of fused-ring (bicyclic) bond motifs is 6. The highest BCUT2D eigenvalue weighted by Crippen LogP contribution is 2.54. The molecule has 3 heteroatoms. The molecular formula is C11H13BrO2. The van der Waals surface area contributed by atoms with E-state index in [1.54, 1.807) is 0 Å². The number of hydrogen-bond acceptors (Lipinski definition) is 2. The first-order valence-corrected chi connectivity index (χ1v) is 5.97. The third-order valence-corrected chi connectivity index (χ3v) is 5.51. The quantitative estimate of drug-likeness (QED) is 0.491. The van der Waals surface area contributed by atoms with Crippen LogP contribution in [0.25, 0.3) is 0 Å². The first-order chi connectivity index (χ1) is 6.57. The van der Waals surface area contributed by atoms with Crippen LogP contribution in [0.2, 0.25) is 0 Å². The van der Waals surface area contributed by atoms with E-state index in [0.29, 0.717) is 5.78 Å². The van der Waals surface area contributed by atoms with Crippen LogP contribution in [0, 0.1) is 5.92 Å². The summed E-state index contributed by atoms with van der Waals surface area (Å²) in [6.07, 6.45) is 7.18. The summed E-state index contributed by atoms with van der Waals surface area (Å²) in [6.45, 7) is 2.01. The molecule has 0 amide bonds. The fourth-order valence-corrected chi connectivity index (χ4v) is 3.80. The molecule has 4 bridgehead atoms. The molecule has 1 saturated carbocycles. The van der Waals surface area contributed by atoms with Crippen molar-refractivity contribution >= 4 is 21.7 Å². The molecule has 4 atom stereocenters. The summed E-state index contributed by atoms with van der Waals surface area (Å²) in [7, 11) is 0. The zero-order valence-electron chi connectivity index (χ0n) is 8.13. The molecule has 1 aliphatic carbocycles. The van der Waals surface area contributed by atoms with Crippen molar-refractivity contribution in [3.63, 3.8) is 0 Å². The SMILES string of the molecule is CC12C=CC(O1)C1CCCC2(Br)C1=O. The van der Waals surface area contributed by atoms with Crippen molar-refractivity contribution in [1.82, 2.24) is 0 Å². The van der Waals surface area contributed by atoms with Gasteiger partial charge in [0.05, 0.1) is 6.10 Å². The Hall–Kier alpha value is -0.150. The molecule has 1 saturated heterocycles. The third-order valence-electron chi connectivity index (χ3n) is 3.93. The Morgan fingerprint density at radius 2 is 2.43 bits per heavy atom. The second-order valence-corrected chi connectivity index (χ2v) is 6.07. The van der Waals surface area contributed by atoms with Crippen LogP contribution in [0.3, 0.4) is 0 Å². The fourth-order valence-electron chi connectivity index (χ4n) is 3.00. The van der Waals surface area contributed by atoms with Gasteiger partial charge in [-0.25, -0.2) is 0 Å². The van der Waals surface area contributed by atoms with Crippen LogP contribution in [0.4, 0.5) is 0 Å². The van der Waals surface area contributed by atoms with E-state index in [0.717, 1.165) is 19.3 Å². The lowest BCUT2D eigenvalue weighted by Gasteiger charge is -2.50. The molecule has 3 aliphatic rings. The average Bonchev–Trinajstić information content (AvgIpc) is 2.52. The number of rotatable bonds is 0. The molecule has 4 unspecified atom stereocenters.